The first-order valence-electron chi connectivity index (χ1n) is 11.2. The lowest BCUT2D eigenvalue weighted by atomic mass is 9.76. The maximum Gasteiger partial charge on any atom is 0.417 e. The molecular weight excluding hydrogens is 451 g/mol. The second kappa shape index (κ2) is 8.87. The minimum atomic E-state index is -4.52. The number of nitrogens with one attached hydrogen (secondary N) is 1. The van der Waals surface area contributed by atoms with Crippen LogP contribution in [0.3, 0.4) is 0 Å². The van der Waals surface area contributed by atoms with Crippen LogP contribution in [-0.4, -0.2) is 50.8 Å². The molecule has 3 rings (SSSR count). The molecule has 0 bridgehead atoms. The zero-order chi connectivity index (χ0) is 25.5. The molecule has 1 aliphatic carbocycles. The van der Waals surface area contributed by atoms with E-state index in [0.29, 0.717) is 24.2 Å². The fourth-order valence-electron chi connectivity index (χ4n) is 4.59. The highest BCUT2D eigenvalue weighted by molar-refractivity contribution is 5.86. The summed E-state index contributed by atoms with van der Waals surface area (Å²) in [6.07, 6.45) is -0.299. The standard InChI is InChI=1S/C24H32F3N3O4/c1-21(2,3)34-20(32)29-17-6-8-23(11-17,14-22(4,5)33)19(31)30-9-7-18-15(13-30)10-16(12-28-18)24(25,26)27/h6,8,10,12,17,33H,7,9,11,13-14H2,1-5H3,(H,29,32)/t17-,23+/m1/s1. The van der Waals surface area contributed by atoms with Gasteiger partial charge in [-0.3, -0.25) is 9.78 Å². The van der Waals surface area contributed by atoms with Crippen LogP contribution >= 0.6 is 0 Å². The summed E-state index contributed by atoms with van der Waals surface area (Å²) >= 11 is 0. The number of fused-ring (bicyclic) bond motifs is 1. The average molecular weight is 484 g/mol. The van der Waals surface area contributed by atoms with Crippen LogP contribution in [0.25, 0.3) is 0 Å². The van der Waals surface area contributed by atoms with Gasteiger partial charge in [-0.25, -0.2) is 4.79 Å². The molecule has 0 unspecified atom stereocenters. The number of alkyl halides is 3. The SMILES string of the molecule is CC(C)(O)C[C@]1(C(=O)N2CCc3ncc(C(F)(F)F)cc3C2)C=C[C@@H](NC(=O)OC(C)(C)C)C1. The van der Waals surface area contributed by atoms with E-state index in [2.05, 4.69) is 10.3 Å². The largest absolute Gasteiger partial charge is 0.444 e. The van der Waals surface area contributed by atoms with Crippen LogP contribution in [0.5, 0.6) is 0 Å². The molecule has 2 N–H and O–H groups in total. The van der Waals surface area contributed by atoms with Gasteiger partial charge in [0.15, 0.2) is 0 Å². The number of amides is 2. The van der Waals surface area contributed by atoms with Crippen molar-refractivity contribution < 1.29 is 32.6 Å². The molecule has 0 aromatic carbocycles. The molecule has 1 aromatic rings. The lowest BCUT2D eigenvalue weighted by Gasteiger charge is -2.39. The molecule has 188 valence electrons. The fourth-order valence-corrected chi connectivity index (χ4v) is 4.59. The maximum atomic E-state index is 13.7. The number of aliphatic hydroxyl groups is 1. The molecule has 2 aliphatic rings. The number of rotatable bonds is 4. The second-order valence-corrected chi connectivity index (χ2v) is 10.8. The molecule has 2 atom stereocenters. The molecule has 0 spiro atoms. The summed E-state index contributed by atoms with van der Waals surface area (Å²) in [6.45, 7) is 8.71. The van der Waals surface area contributed by atoms with E-state index in [9.17, 15) is 27.9 Å². The Kier molecular flexibility index (Phi) is 6.78. The normalized spacial score (nSPS) is 23.0. The molecule has 7 nitrogen and oxygen atoms in total. The van der Waals surface area contributed by atoms with E-state index in [-0.39, 0.29) is 25.3 Å². The Morgan fingerprint density at radius 3 is 2.53 bits per heavy atom. The van der Waals surface area contributed by atoms with E-state index >= 15 is 0 Å². The van der Waals surface area contributed by atoms with Crippen LogP contribution < -0.4 is 5.32 Å². The van der Waals surface area contributed by atoms with Crippen molar-refractivity contribution in [2.24, 2.45) is 5.41 Å². The summed E-state index contributed by atoms with van der Waals surface area (Å²) in [5.74, 6) is -0.303. The lowest BCUT2D eigenvalue weighted by molar-refractivity contribution is -0.143. The van der Waals surface area contributed by atoms with E-state index in [1.54, 1.807) is 46.8 Å². The number of ether oxygens (including phenoxy) is 1. The smallest absolute Gasteiger partial charge is 0.417 e. The monoisotopic (exact) mass is 483 g/mol. The molecule has 0 saturated carbocycles. The summed E-state index contributed by atoms with van der Waals surface area (Å²) in [5, 5.41) is 13.3. The van der Waals surface area contributed by atoms with Crippen molar-refractivity contribution >= 4 is 12.0 Å². The zero-order valence-corrected chi connectivity index (χ0v) is 20.1. The first kappa shape index (κ1) is 26.0. The quantitative estimate of drug-likeness (QED) is 0.632. The number of aromatic nitrogens is 1. The Morgan fingerprint density at radius 1 is 1.26 bits per heavy atom. The molecule has 0 fully saturated rings. The Hall–Kier alpha value is -2.62. The average Bonchev–Trinajstić information content (AvgIpc) is 3.05. The van der Waals surface area contributed by atoms with Crippen molar-refractivity contribution in [3.63, 3.8) is 0 Å². The number of carbonyl (C=O) groups excluding carboxylic acids is 2. The lowest BCUT2D eigenvalue weighted by Crippen LogP contribution is -2.49. The van der Waals surface area contributed by atoms with Crippen molar-refractivity contribution in [2.75, 3.05) is 6.54 Å². The Bertz CT molecular complexity index is 979. The van der Waals surface area contributed by atoms with Crippen molar-refractivity contribution in [1.82, 2.24) is 15.2 Å². The van der Waals surface area contributed by atoms with Gasteiger partial charge >= 0.3 is 12.3 Å². The Labute approximate surface area is 197 Å². The van der Waals surface area contributed by atoms with Crippen LogP contribution in [-0.2, 0) is 28.7 Å². The van der Waals surface area contributed by atoms with E-state index in [0.717, 1.165) is 12.3 Å². The van der Waals surface area contributed by atoms with E-state index < -0.39 is 40.5 Å². The topological polar surface area (TPSA) is 91.8 Å². The molecule has 1 aromatic heterocycles. The predicted molar refractivity (Wildman–Crippen MR) is 119 cm³/mol. The highest BCUT2D eigenvalue weighted by Gasteiger charge is 2.47. The van der Waals surface area contributed by atoms with Gasteiger partial charge in [-0.1, -0.05) is 12.2 Å². The van der Waals surface area contributed by atoms with Gasteiger partial charge in [0.2, 0.25) is 5.91 Å². The minimum Gasteiger partial charge on any atom is -0.444 e. The molecule has 0 saturated heterocycles. The fraction of sp³-hybridized carbons (Fsp3) is 0.625. The molecule has 2 heterocycles. The Morgan fingerprint density at radius 2 is 1.94 bits per heavy atom. The molecule has 34 heavy (non-hydrogen) atoms. The van der Waals surface area contributed by atoms with Crippen LogP contribution in [0.2, 0.25) is 0 Å². The van der Waals surface area contributed by atoms with E-state index in [1.807, 2.05) is 0 Å². The van der Waals surface area contributed by atoms with Crippen molar-refractivity contribution in [3.8, 4) is 0 Å². The van der Waals surface area contributed by atoms with Gasteiger partial charge in [-0.15, -0.1) is 0 Å². The number of alkyl carbamates (subject to hydrolysis) is 1. The molecular formula is C24H32F3N3O4. The van der Waals surface area contributed by atoms with Crippen molar-refractivity contribution in [3.05, 3.63) is 41.2 Å². The number of carbonyl (C=O) groups is 2. The third-order valence-corrected chi connectivity index (χ3v) is 5.76. The van der Waals surface area contributed by atoms with Crippen LogP contribution in [0.15, 0.2) is 24.4 Å². The van der Waals surface area contributed by atoms with Crippen molar-refractivity contribution in [2.45, 2.75) is 83.8 Å². The van der Waals surface area contributed by atoms with Gasteiger partial charge in [0, 0.05) is 31.4 Å². The van der Waals surface area contributed by atoms with Gasteiger partial charge in [0.1, 0.15) is 5.60 Å². The number of nitrogens with zero attached hydrogens (tertiary/aromatic N) is 2. The number of hydrogen-bond acceptors (Lipinski definition) is 5. The number of pyridine rings is 1. The highest BCUT2D eigenvalue weighted by atomic mass is 19.4. The number of hydrogen-bond donors (Lipinski definition) is 2. The summed E-state index contributed by atoms with van der Waals surface area (Å²) in [4.78, 5) is 31.4. The van der Waals surface area contributed by atoms with Crippen LogP contribution in [0, 0.1) is 5.41 Å². The van der Waals surface area contributed by atoms with Gasteiger partial charge in [-0.05, 0) is 59.1 Å². The summed E-state index contributed by atoms with van der Waals surface area (Å²) in [5.41, 5.74) is -2.95. The van der Waals surface area contributed by atoms with Crippen LogP contribution in [0.4, 0.5) is 18.0 Å². The molecule has 0 radical (unpaired) electrons. The number of halogens is 3. The first-order valence-corrected chi connectivity index (χ1v) is 11.2. The third-order valence-electron chi connectivity index (χ3n) is 5.76. The van der Waals surface area contributed by atoms with Crippen molar-refractivity contribution in [1.29, 1.82) is 0 Å². The molecule has 1 aliphatic heterocycles. The van der Waals surface area contributed by atoms with Gasteiger partial charge < -0.3 is 20.1 Å². The first-order chi connectivity index (χ1) is 15.5. The highest BCUT2D eigenvalue weighted by Crippen LogP contribution is 2.42. The van der Waals surface area contributed by atoms with Gasteiger partial charge in [0.25, 0.3) is 0 Å². The minimum absolute atomic E-state index is 0.00328. The second-order valence-electron chi connectivity index (χ2n) is 10.8. The van der Waals surface area contributed by atoms with Gasteiger partial charge in [0.05, 0.1) is 22.6 Å². The molecule has 2 amide bonds. The summed E-state index contributed by atoms with van der Waals surface area (Å²) < 4.78 is 44.8. The van der Waals surface area contributed by atoms with Crippen LogP contribution in [0.1, 0.15) is 64.3 Å². The van der Waals surface area contributed by atoms with E-state index in [1.165, 1.54) is 4.90 Å². The van der Waals surface area contributed by atoms with Gasteiger partial charge in [-0.2, -0.15) is 13.2 Å². The molecule has 10 heteroatoms. The van der Waals surface area contributed by atoms with E-state index in [4.69, 9.17) is 4.74 Å². The third kappa shape index (κ3) is 6.28. The predicted octanol–water partition coefficient (Wildman–Crippen LogP) is 3.99. The summed E-state index contributed by atoms with van der Waals surface area (Å²) in [6, 6.07) is 0.554. The zero-order valence-electron chi connectivity index (χ0n) is 20.1. The Balaban J connectivity index is 1.81. The summed E-state index contributed by atoms with van der Waals surface area (Å²) in [7, 11) is 0. The maximum absolute atomic E-state index is 13.7.